The number of sulfonamides is 1. The van der Waals surface area contributed by atoms with Crippen LogP contribution in [-0.2, 0) is 10.0 Å². The van der Waals surface area contributed by atoms with Crippen LogP contribution < -0.4 is 10.1 Å². The van der Waals surface area contributed by atoms with Crippen molar-refractivity contribution in [3.63, 3.8) is 0 Å². The largest absolute Gasteiger partial charge is 0.487 e. The first-order chi connectivity index (χ1) is 14.1. The molecule has 0 bridgehead atoms. The molecule has 0 heterocycles. The van der Waals surface area contributed by atoms with Crippen LogP contribution in [0.4, 0.5) is 11.4 Å². The lowest BCUT2D eigenvalue weighted by Crippen LogP contribution is -2.30. The lowest BCUT2D eigenvalue weighted by Gasteiger charge is -2.19. The Labute approximate surface area is 179 Å². The summed E-state index contributed by atoms with van der Waals surface area (Å²) in [5, 5.41) is 13.8. The monoisotopic (exact) mass is 455 g/mol. The van der Waals surface area contributed by atoms with Crippen LogP contribution >= 0.6 is 11.6 Å². The van der Waals surface area contributed by atoms with Crippen LogP contribution in [-0.4, -0.2) is 43.2 Å². The van der Waals surface area contributed by atoms with Gasteiger partial charge >= 0.3 is 5.69 Å². The Morgan fingerprint density at radius 2 is 1.83 bits per heavy atom. The molecule has 30 heavy (non-hydrogen) atoms. The lowest BCUT2D eigenvalue weighted by atomic mass is 10.1. The number of rotatable bonds is 9. The average Bonchev–Trinajstić information content (AvgIpc) is 2.70. The van der Waals surface area contributed by atoms with Gasteiger partial charge in [-0.15, -0.1) is 0 Å². The molecule has 0 aliphatic rings. The quantitative estimate of drug-likeness (QED) is 0.452. The Kier molecular flexibility index (Phi) is 7.77. The number of nitro benzene ring substituents is 1. The van der Waals surface area contributed by atoms with Crippen molar-refractivity contribution in [1.29, 1.82) is 0 Å². The molecular weight excluding hydrogens is 434 g/mol. The highest BCUT2D eigenvalue weighted by Gasteiger charge is 2.25. The van der Waals surface area contributed by atoms with E-state index in [9.17, 15) is 23.3 Å². The van der Waals surface area contributed by atoms with Gasteiger partial charge in [0.2, 0.25) is 10.0 Å². The Hall–Kier alpha value is -2.69. The smallest absolute Gasteiger partial charge is 0.311 e. The Balaban J connectivity index is 2.36. The summed E-state index contributed by atoms with van der Waals surface area (Å²) >= 11 is 6.09. The third kappa shape index (κ3) is 5.07. The van der Waals surface area contributed by atoms with E-state index in [0.29, 0.717) is 0 Å². The van der Waals surface area contributed by atoms with Crippen LogP contribution in [0.5, 0.6) is 5.75 Å². The van der Waals surface area contributed by atoms with E-state index in [0.717, 1.165) is 6.07 Å². The second-order valence-corrected chi connectivity index (χ2v) is 8.37. The Bertz CT molecular complexity index is 1050. The van der Waals surface area contributed by atoms with Crippen LogP contribution in [0.1, 0.15) is 31.1 Å². The summed E-state index contributed by atoms with van der Waals surface area (Å²) in [7, 11) is -3.84. The van der Waals surface area contributed by atoms with Crippen molar-refractivity contribution >= 4 is 38.9 Å². The second-order valence-electron chi connectivity index (χ2n) is 6.06. The number of hydrogen-bond donors (Lipinski definition) is 1. The zero-order valence-corrected chi connectivity index (χ0v) is 18.3. The molecule has 9 nitrogen and oxygen atoms in total. The number of benzene rings is 2. The van der Waals surface area contributed by atoms with Crippen molar-refractivity contribution in [3.05, 3.63) is 57.1 Å². The molecule has 0 radical (unpaired) electrons. The number of carbonyl (C=O) groups excluding carboxylic acids is 1. The first-order valence-electron chi connectivity index (χ1n) is 9.17. The fourth-order valence-electron chi connectivity index (χ4n) is 2.76. The molecule has 0 atom stereocenters. The summed E-state index contributed by atoms with van der Waals surface area (Å²) in [4.78, 5) is 23.1. The minimum atomic E-state index is -3.84. The van der Waals surface area contributed by atoms with Gasteiger partial charge in [0, 0.05) is 30.4 Å². The average molecular weight is 456 g/mol. The van der Waals surface area contributed by atoms with Crippen molar-refractivity contribution in [1.82, 2.24) is 4.31 Å². The van der Waals surface area contributed by atoms with E-state index in [1.165, 1.54) is 34.6 Å². The highest BCUT2D eigenvalue weighted by Crippen LogP contribution is 2.30. The van der Waals surface area contributed by atoms with E-state index in [1.54, 1.807) is 20.8 Å². The summed E-state index contributed by atoms with van der Waals surface area (Å²) < 4.78 is 32.0. The molecule has 0 aromatic heterocycles. The Morgan fingerprint density at radius 3 is 2.40 bits per heavy atom. The van der Waals surface area contributed by atoms with E-state index in [-0.39, 0.29) is 52.3 Å². The SMILES string of the molecule is CCOc1ccc(C(=O)Nc2ccc(Cl)c(S(=O)(=O)N(CC)CC)c2)cc1[N+](=O)[O-]. The number of nitrogens with zero attached hydrogens (tertiary/aromatic N) is 2. The fraction of sp³-hybridized carbons (Fsp3) is 0.316. The van der Waals surface area contributed by atoms with Gasteiger partial charge in [-0.25, -0.2) is 8.42 Å². The molecule has 0 saturated heterocycles. The van der Waals surface area contributed by atoms with Crippen molar-refractivity contribution in [2.45, 2.75) is 25.7 Å². The Morgan fingerprint density at radius 1 is 1.17 bits per heavy atom. The molecule has 0 aliphatic carbocycles. The maximum Gasteiger partial charge on any atom is 0.311 e. The van der Waals surface area contributed by atoms with Gasteiger partial charge in [-0.3, -0.25) is 14.9 Å². The predicted octanol–water partition coefficient (Wildman–Crippen LogP) is 3.93. The maximum absolute atomic E-state index is 12.8. The minimum absolute atomic E-state index is 0.0215. The number of hydrogen-bond acceptors (Lipinski definition) is 6. The third-order valence-electron chi connectivity index (χ3n) is 4.23. The number of nitro groups is 1. The van der Waals surface area contributed by atoms with E-state index in [2.05, 4.69) is 5.32 Å². The topological polar surface area (TPSA) is 119 Å². The lowest BCUT2D eigenvalue weighted by molar-refractivity contribution is -0.385. The van der Waals surface area contributed by atoms with Crippen molar-refractivity contribution in [2.75, 3.05) is 25.0 Å². The third-order valence-corrected chi connectivity index (χ3v) is 6.76. The van der Waals surface area contributed by atoms with Gasteiger partial charge in [0.15, 0.2) is 5.75 Å². The van der Waals surface area contributed by atoms with Crippen LogP contribution in [0.3, 0.4) is 0 Å². The fourth-order valence-corrected chi connectivity index (χ4v) is 4.72. The van der Waals surface area contributed by atoms with Gasteiger partial charge in [-0.1, -0.05) is 25.4 Å². The summed E-state index contributed by atoms with van der Waals surface area (Å²) in [5.74, 6) is -0.590. The van der Waals surface area contributed by atoms with Gasteiger partial charge in [0.1, 0.15) is 4.90 Å². The second kappa shape index (κ2) is 9.88. The van der Waals surface area contributed by atoms with Gasteiger partial charge in [0.25, 0.3) is 5.91 Å². The molecule has 0 spiro atoms. The van der Waals surface area contributed by atoms with Crippen LogP contribution in [0, 0.1) is 10.1 Å². The number of halogens is 1. The van der Waals surface area contributed by atoms with E-state index in [4.69, 9.17) is 16.3 Å². The van der Waals surface area contributed by atoms with E-state index in [1.807, 2.05) is 0 Å². The highest BCUT2D eigenvalue weighted by molar-refractivity contribution is 7.89. The molecule has 11 heteroatoms. The molecular formula is C19H22ClN3O6S. The predicted molar refractivity (Wildman–Crippen MR) is 114 cm³/mol. The van der Waals surface area contributed by atoms with Crippen LogP contribution in [0.2, 0.25) is 5.02 Å². The molecule has 2 aromatic carbocycles. The maximum atomic E-state index is 12.8. The van der Waals surface area contributed by atoms with Crippen LogP contribution in [0.15, 0.2) is 41.3 Å². The summed E-state index contributed by atoms with van der Waals surface area (Å²) in [5.41, 5.74) is -0.134. The number of nitrogens with one attached hydrogen (secondary N) is 1. The number of amides is 1. The molecule has 0 fully saturated rings. The number of ether oxygens (including phenoxy) is 1. The molecule has 1 N–H and O–H groups in total. The van der Waals surface area contributed by atoms with E-state index < -0.39 is 20.9 Å². The molecule has 0 aliphatic heterocycles. The standard InChI is InChI=1S/C19H22ClN3O6S/c1-4-22(5-2)30(27,28)18-12-14(8-9-15(18)20)21-19(24)13-7-10-17(29-6-3)16(11-13)23(25)26/h7-12H,4-6H2,1-3H3,(H,21,24). The zero-order chi connectivity index (χ0) is 22.5. The minimum Gasteiger partial charge on any atom is -0.487 e. The van der Waals surface area contributed by atoms with Crippen LogP contribution in [0.25, 0.3) is 0 Å². The van der Waals surface area contributed by atoms with Gasteiger partial charge in [0.05, 0.1) is 16.6 Å². The normalized spacial score (nSPS) is 11.4. The molecule has 162 valence electrons. The highest BCUT2D eigenvalue weighted by atomic mass is 35.5. The number of carbonyl (C=O) groups is 1. The molecule has 0 unspecified atom stereocenters. The first kappa shape index (κ1) is 23.6. The summed E-state index contributed by atoms with van der Waals surface area (Å²) in [6, 6.07) is 7.91. The van der Waals surface area contributed by atoms with Crippen molar-refractivity contribution < 1.29 is 22.9 Å². The van der Waals surface area contributed by atoms with Crippen molar-refractivity contribution in [3.8, 4) is 5.75 Å². The summed E-state index contributed by atoms with van der Waals surface area (Å²) in [6.45, 7) is 5.87. The number of anilines is 1. The van der Waals surface area contributed by atoms with Gasteiger partial charge in [-0.05, 0) is 37.3 Å². The van der Waals surface area contributed by atoms with Gasteiger partial charge in [-0.2, -0.15) is 4.31 Å². The molecule has 0 saturated carbocycles. The molecule has 1 amide bonds. The zero-order valence-electron chi connectivity index (χ0n) is 16.7. The molecule has 2 rings (SSSR count). The first-order valence-corrected chi connectivity index (χ1v) is 11.0. The van der Waals surface area contributed by atoms with Crippen molar-refractivity contribution in [2.24, 2.45) is 0 Å². The van der Waals surface area contributed by atoms with Gasteiger partial charge < -0.3 is 10.1 Å². The van der Waals surface area contributed by atoms with E-state index >= 15 is 0 Å². The summed E-state index contributed by atoms with van der Waals surface area (Å²) in [6.07, 6.45) is 0. The molecule has 2 aromatic rings.